The summed E-state index contributed by atoms with van der Waals surface area (Å²) in [5, 5.41) is 11.1. The van der Waals surface area contributed by atoms with Crippen molar-refractivity contribution in [3.8, 4) is 0 Å². The van der Waals surface area contributed by atoms with Crippen LogP contribution in [0.15, 0.2) is 0 Å². The topological polar surface area (TPSA) is 75.6 Å². The smallest absolute Gasteiger partial charge is 0.303 e. The van der Waals surface area contributed by atoms with Gasteiger partial charge in [0.1, 0.15) is 0 Å². The number of aliphatic carboxylic acids is 1. The molecule has 0 saturated heterocycles. The van der Waals surface area contributed by atoms with Gasteiger partial charge < -0.3 is 15.2 Å². The molecule has 0 spiro atoms. The van der Waals surface area contributed by atoms with Crippen molar-refractivity contribution < 1.29 is 19.4 Å². The maximum atomic E-state index is 11.3. The van der Waals surface area contributed by atoms with Gasteiger partial charge in [-0.3, -0.25) is 9.59 Å². The third kappa shape index (κ3) is 9.45. The van der Waals surface area contributed by atoms with Gasteiger partial charge in [0.2, 0.25) is 5.91 Å². The van der Waals surface area contributed by atoms with Crippen LogP contribution in [0.25, 0.3) is 0 Å². The molecule has 0 rings (SSSR count). The lowest BCUT2D eigenvalue weighted by Crippen LogP contribution is -2.25. The maximum absolute atomic E-state index is 11.3. The molecule has 1 atom stereocenters. The highest BCUT2D eigenvalue weighted by Gasteiger charge is 2.05. The Bertz CT molecular complexity index is 218. The van der Waals surface area contributed by atoms with Gasteiger partial charge in [0.15, 0.2) is 0 Å². The van der Waals surface area contributed by atoms with Crippen LogP contribution in [0.1, 0.15) is 39.0 Å². The zero-order chi connectivity index (χ0) is 12.4. The number of methoxy groups -OCH3 is 1. The van der Waals surface area contributed by atoms with Crippen molar-refractivity contribution in [1.29, 1.82) is 0 Å². The SMILES string of the molecule is COC(C)CCC(=O)NCCCCC(=O)O. The minimum atomic E-state index is -0.791. The van der Waals surface area contributed by atoms with Crippen LogP contribution in [0.2, 0.25) is 0 Å². The second-order valence-electron chi connectivity index (χ2n) is 3.79. The Balaban J connectivity index is 3.33. The summed E-state index contributed by atoms with van der Waals surface area (Å²) in [5.41, 5.74) is 0. The van der Waals surface area contributed by atoms with Crippen LogP contribution in [0.3, 0.4) is 0 Å². The van der Waals surface area contributed by atoms with Gasteiger partial charge in [-0.1, -0.05) is 0 Å². The number of amides is 1. The number of hydrogen-bond donors (Lipinski definition) is 2. The van der Waals surface area contributed by atoms with Crippen LogP contribution in [0.4, 0.5) is 0 Å². The molecule has 5 heteroatoms. The summed E-state index contributed by atoms with van der Waals surface area (Å²) < 4.78 is 5.02. The highest BCUT2D eigenvalue weighted by atomic mass is 16.5. The van der Waals surface area contributed by atoms with Crippen molar-refractivity contribution in [3.63, 3.8) is 0 Å². The molecule has 1 amide bonds. The summed E-state index contributed by atoms with van der Waals surface area (Å²) in [6, 6.07) is 0. The van der Waals surface area contributed by atoms with Gasteiger partial charge in [-0.25, -0.2) is 0 Å². The van der Waals surface area contributed by atoms with E-state index in [0.717, 1.165) is 0 Å². The lowest BCUT2D eigenvalue weighted by molar-refractivity contribution is -0.137. The highest BCUT2D eigenvalue weighted by molar-refractivity contribution is 5.75. The number of carboxylic acid groups (broad SMARTS) is 1. The number of unbranched alkanes of at least 4 members (excludes halogenated alkanes) is 1. The minimum absolute atomic E-state index is 0.000718. The van der Waals surface area contributed by atoms with Gasteiger partial charge in [0, 0.05) is 26.5 Å². The number of carboxylic acids is 1. The molecule has 0 aromatic carbocycles. The normalized spacial score (nSPS) is 12.1. The van der Waals surface area contributed by atoms with Crippen LogP contribution in [-0.2, 0) is 14.3 Å². The number of ether oxygens (including phenoxy) is 1. The second kappa shape index (κ2) is 9.15. The summed E-state index contributed by atoms with van der Waals surface area (Å²) in [5.74, 6) is -0.792. The maximum Gasteiger partial charge on any atom is 0.303 e. The molecule has 2 N–H and O–H groups in total. The highest BCUT2D eigenvalue weighted by Crippen LogP contribution is 2.00. The zero-order valence-electron chi connectivity index (χ0n) is 9.99. The van der Waals surface area contributed by atoms with E-state index >= 15 is 0 Å². The predicted octanol–water partition coefficient (Wildman–Crippen LogP) is 1.17. The molecule has 0 aromatic rings. The molecule has 0 aliphatic rings. The molecule has 0 saturated carbocycles. The van der Waals surface area contributed by atoms with Crippen LogP contribution in [-0.4, -0.2) is 36.7 Å². The van der Waals surface area contributed by atoms with E-state index in [9.17, 15) is 9.59 Å². The summed E-state index contributed by atoms with van der Waals surface area (Å²) in [6.07, 6.45) is 2.72. The van der Waals surface area contributed by atoms with Gasteiger partial charge in [-0.2, -0.15) is 0 Å². The first kappa shape index (κ1) is 14.9. The summed E-state index contributed by atoms with van der Waals surface area (Å²) in [6.45, 7) is 2.47. The van der Waals surface area contributed by atoms with Gasteiger partial charge in [-0.15, -0.1) is 0 Å². The van der Waals surface area contributed by atoms with Crippen molar-refractivity contribution in [2.24, 2.45) is 0 Å². The predicted molar refractivity (Wildman–Crippen MR) is 60.2 cm³/mol. The van der Waals surface area contributed by atoms with E-state index in [2.05, 4.69) is 5.32 Å². The van der Waals surface area contributed by atoms with Crippen LogP contribution in [0, 0.1) is 0 Å². The van der Waals surface area contributed by atoms with Crippen LogP contribution < -0.4 is 5.32 Å². The van der Waals surface area contributed by atoms with Crippen molar-refractivity contribution in [3.05, 3.63) is 0 Å². The Labute approximate surface area is 96.2 Å². The molecule has 0 aromatic heterocycles. The number of rotatable bonds is 9. The molecule has 0 aliphatic carbocycles. The number of nitrogens with one attached hydrogen (secondary N) is 1. The zero-order valence-corrected chi connectivity index (χ0v) is 9.99. The molecule has 94 valence electrons. The van der Waals surface area contributed by atoms with E-state index in [1.54, 1.807) is 7.11 Å². The average Bonchev–Trinajstić information content (AvgIpc) is 2.24. The fourth-order valence-electron chi connectivity index (χ4n) is 1.17. The average molecular weight is 231 g/mol. The molecule has 0 bridgehead atoms. The van der Waals surface area contributed by atoms with E-state index in [0.29, 0.717) is 32.2 Å². The van der Waals surface area contributed by atoms with Crippen molar-refractivity contribution in [2.75, 3.05) is 13.7 Å². The van der Waals surface area contributed by atoms with Crippen LogP contribution in [0.5, 0.6) is 0 Å². The quantitative estimate of drug-likeness (QED) is 0.584. The third-order valence-corrected chi connectivity index (χ3v) is 2.32. The van der Waals surface area contributed by atoms with Crippen LogP contribution >= 0.6 is 0 Å². The molecular weight excluding hydrogens is 210 g/mol. The lowest BCUT2D eigenvalue weighted by Gasteiger charge is -2.09. The molecule has 0 fully saturated rings. The minimum Gasteiger partial charge on any atom is -0.481 e. The molecule has 5 nitrogen and oxygen atoms in total. The van der Waals surface area contributed by atoms with Gasteiger partial charge in [0.05, 0.1) is 6.10 Å². The number of hydrogen-bond acceptors (Lipinski definition) is 3. The molecule has 0 heterocycles. The molecule has 1 unspecified atom stereocenters. The van der Waals surface area contributed by atoms with E-state index in [-0.39, 0.29) is 18.4 Å². The first-order chi connectivity index (χ1) is 7.56. The number of carbonyl (C=O) groups is 2. The monoisotopic (exact) mass is 231 g/mol. The van der Waals surface area contributed by atoms with Crippen molar-refractivity contribution >= 4 is 11.9 Å². The Morgan fingerprint density at radius 1 is 1.31 bits per heavy atom. The van der Waals surface area contributed by atoms with Gasteiger partial charge in [0.25, 0.3) is 0 Å². The Hall–Kier alpha value is -1.10. The Morgan fingerprint density at radius 2 is 2.00 bits per heavy atom. The lowest BCUT2D eigenvalue weighted by atomic mass is 10.2. The Morgan fingerprint density at radius 3 is 2.56 bits per heavy atom. The fourth-order valence-corrected chi connectivity index (χ4v) is 1.17. The van der Waals surface area contributed by atoms with E-state index < -0.39 is 5.97 Å². The summed E-state index contributed by atoms with van der Waals surface area (Å²) in [4.78, 5) is 21.5. The second-order valence-corrected chi connectivity index (χ2v) is 3.79. The molecule has 0 aliphatic heterocycles. The fraction of sp³-hybridized carbons (Fsp3) is 0.818. The Kier molecular flexibility index (Phi) is 8.52. The third-order valence-electron chi connectivity index (χ3n) is 2.32. The van der Waals surface area contributed by atoms with E-state index in [4.69, 9.17) is 9.84 Å². The van der Waals surface area contributed by atoms with Crippen molar-refractivity contribution in [1.82, 2.24) is 5.32 Å². The van der Waals surface area contributed by atoms with E-state index in [1.807, 2.05) is 6.92 Å². The van der Waals surface area contributed by atoms with E-state index in [1.165, 1.54) is 0 Å². The standard InChI is InChI=1S/C11H21NO4/c1-9(16-2)6-7-10(13)12-8-4-3-5-11(14)15/h9H,3-8H2,1-2H3,(H,12,13)(H,14,15). The number of carbonyl (C=O) groups excluding carboxylic acids is 1. The summed E-state index contributed by atoms with van der Waals surface area (Å²) in [7, 11) is 1.62. The van der Waals surface area contributed by atoms with Gasteiger partial charge in [-0.05, 0) is 26.2 Å². The van der Waals surface area contributed by atoms with Gasteiger partial charge >= 0.3 is 5.97 Å². The summed E-state index contributed by atoms with van der Waals surface area (Å²) >= 11 is 0. The largest absolute Gasteiger partial charge is 0.481 e. The first-order valence-corrected chi connectivity index (χ1v) is 5.57. The molecular formula is C11H21NO4. The first-order valence-electron chi connectivity index (χ1n) is 5.57. The molecule has 16 heavy (non-hydrogen) atoms. The van der Waals surface area contributed by atoms with Crippen molar-refractivity contribution in [2.45, 2.75) is 45.1 Å². The molecule has 0 radical (unpaired) electrons.